The summed E-state index contributed by atoms with van der Waals surface area (Å²) in [5.41, 5.74) is 1.97. The zero-order chi connectivity index (χ0) is 16.0. The summed E-state index contributed by atoms with van der Waals surface area (Å²) in [6, 6.07) is 5.77. The number of carbonyl (C=O) groups excluding carboxylic acids is 1. The summed E-state index contributed by atoms with van der Waals surface area (Å²) in [4.78, 5) is 11.9. The highest BCUT2D eigenvalue weighted by Gasteiger charge is 2.17. The molecule has 0 saturated heterocycles. The first kappa shape index (κ1) is 17.8. The highest BCUT2D eigenvalue weighted by Crippen LogP contribution is 2.19. The van der Waals surface area contributed by atoms with Gasteiger partial charge < -0.3 is 5.32 Å². The maximum atomic E-state index is 11.9. The van der Waals surface area contributed by atoms with Gasteiger partial charge in [-0.05, 0) is 47.9 Å². The molecule has 1 N–H and O–H groups in total. The van der Waals surface area contributed by atoms with E-state index >= 15 is 0 Å². The average Bonchev–Trinajstić information content (AvgIpc) is 2.39. The fourth-order valence-electron chi connectivity index (χ4n) is 2.40. The van der Waals surface area contributed by atoms with Crippen molar-refractivity contribution in [3.63, 3.8) is 0 Å². The SMILES string of the molecule is Cc1ccc(/C=C/C(=O)NCC(C(C)C)C(C)C)cc1Cl. The normalized spacial score (nSPS) is 11.9. The molecular formula is C18H26ClNO. The van der Waals surface area contributed by atoms with Gasteiger partial charge in [-0.3, -0.25) is 4.79 Å². The number of rotatable bonds is 6. The van der Waals surface area contributed by atoms with Crippen LogP contribution < -0.4 is 5.32 Å². The summed E-state index contributed by atoms with van der Waals surface area (Å²) in [6.07, 6.45) is 3.36. The minimum atomic E-state index is -0.0574. The van der Waals surface area contributed by atoms with Crippen LogP contribution in [-0.4, -0.2) is 12.5 Å². The van der Waals surface area contributed by atoms with Crippen LogP contribution in [0.2, 0.25) is 5.02 Å². The van der Waals surface area contributed by atoms with E-state index in [9.17, 15) is 4.79 Å². The van der Waals surface area contributed by atoms with Crippen LogP contribution in [-0.2, 0) is 4.79 Å². The number of benzene rings is 1. The van der Waals surface area contributed by atoms with Crippen molar-refractivity contribution >= 4 is 23.6 Å². The molecule has 3 heteroatoms. The smallest absolute Gasteiger partial charge is 0.244 e. The van der Waals surface area contributed by atoms with E-state index in [1.54, 1.807) is 12.2 Å². The second-order valence-electron chi connectivity index (χ2n) is 6.24. The van der Waals surface area contributed by atoms with E-state index in [2.05, 4.69) is 33.0 Å². The first-order valence-electron chi connectivity index (χ1n) is 7.53. The first-order chi connectivity index (χ1) is 9.81. The van der Waals surface area contributed by atoms with Crippen LogP contribution in [0.15, 0.2) is 24.3 Å². The standard InChI is InChI=1S/C18H26ClNO/c1-12(2)16(13(3)4)11-20-18(21)9-8-15-7-6-14(5)17(19)10-15/h6-10,12-13,16H,11H2,1-5H3,(H,20,21)/b9-8+. The van der Waals surface area contributed by atoms with Gasteiger partial charge in [-0.1, -0.05) is 51.4 Å². The van der Waals surface area contributed by atoms with Gasteiger partial charge in [0.2, 0.25) is 5.91 Å². The maximum Gasteiger partial charge on any atom is 0.244 e. The molecule has 0 radical (unpaired) electrons. The van der Waals surface area contributed by atoms with Gasteiger partial charge in [-0.25, -0.2) is 0 Å². The lowest BCUT2D eigenvalue weighted by molar-refractivity contribution is -0.116. The Hall–Kier alpha value is -1.28. The fraction of sp³-hybridized carbons (Fsp3) is 0.500. The third-order valence-electron chi connectivity index (χ3n) is 3.85. The molecule has 0 fully saturated rings. The van der Waals surface area contributed by atoms with E-state index < -0.39 is 0 Å². The van der Waals surface area contributed by atoms with Gasteiger partial charge >= 0.3 is 0 Å². The van der Waals surface area contributed by atoms with Crippen LogP contribution in [0.4, 0.5) is 0 Å². The average molecular weight is 308 g/mol. The molecule has 0 unspecified atom stereocenters. The van der Waals surface area contributed by atoms with Crippen molar-refractivity contribution in [2.45, 2.75) is 34.6 Å². The van der Waals surface area contributed by atoms with Crippen LogP contribution in [0.5, 0.6) is 0 Å². The Morgan fingerprint density at radius 1 is 1.24 bits per heavy atom. The minimum absolute atomic E-state index is 0.0574. The number of halogens is 1. The topological polar surface area (TPSA) is 29.1 Å². The molecule has 2 nitrogen and oxygen atoms in total. The molecule has 0 spiro atoms. The van der Waals surface area contributed by atoms with E-state index in [1.165, 1.54) is 0 Å². The Bertz CT molecular complexity index is 498. The van der Waals surface area contributed by atoms with Gasteiger partial charge in [0.1, 0.15) is 0 Å². The molecule has 1 aromatic rings. The third-order valence-corrected chi connectivity index (χ3v) is 4.25. The third kappa shape index (κ3) is 5.92. The van der Waals surface area contributed by atoms with Gasteiger partial charge in [0.25, 0.3) is 0 Å². The zero-order valence-electron chi connectivity index (χ0n) is 13.6. The molecule has 1 amide bonds. The number of amides is 1. The highest BCUT2D eigenvalue weighted by atomic mass is 35.5. The first-order valence-corrected chi connectivity index (χ1v) is 7.91. The van der Waals surface area contributed by atoms with Crippen LogP contribution in [0.25, 0.3) is 6.08 Å². The van der Waals surface area contributed by atoms with Crippen LogP contribution in [0, 0.1) is 24.7 Å². The number of carbonyl (C=O) groups is 1. The Kier molecular flexibility index (Phi) is 6.97. The number of hydrogen-bond acceptors (Lipinski definition) is 1. The zero-order valence-corrected chi connectivity index (χ0v) is 14.4. The van der Waals surface area contributed by atoms with Gasteiger partial charge in [-0.15, -0.1) is 0 Å². The predicted octanol–water partition coefficient (Wildman–Crippen LogP) is 4.71. The van der Waals surface area contributed by atoms with Gasteiger partial charge in [0.15, 0.2) is 0 Å². The van der Waals surface area contributed by atoms with E-state index in [0.717, 1.165) is 16.1 Å². The molecule has 0 saturated carbocycles. The molecule has 0 aliphatic carbocycles. The van der Waals surface area contributed by atoms with Gasteiger partial charge in [0.05, 0.1) is 0 Å². The van der Waals surface area contributed by atoms with Crippen molar-refractivity contribution in [2.24, 2.45) is 17.8 Å². The lowest BCUT2D eigenvalue weighted by Crippen LogP contribution is -2.32. The van der Waals surface area contributed by atoms with Crippen LogP contribution >= 0.6 is 11.6 Å². The summed E-state index contributed by atoms with van der Waals surface area (Å²) >= 11 is 6.07. The lowest BCUT2D eigenvalue weighted by Gasteiger charge is -2.24. The Morgan fingerprint density at radius 3 is 2.38 bits per heavy atom. The Balaban J connectivity index is 2.56. The molecule has 0 aliphatic rings. The summed E-state index contributed by atoms with van der Waals surface area (Å²) in [7, 11) is 0. The van der Waals surface area contributed by atoms with E-state index in [4.69, 9.17) is 11.6 Å². The van der Waals surface area contributed by atoms with E-state index in [0.29, 0.717) is 24.3 Å². The van der Waals surface area contributed by atoms with E-state index in [-0.39, 0.29) is 5.91 Å². The quantitative estimate of drug-likeness (QED) is 0.758. The molecule has 1 aromatic carbocycles. The van der Waals surface area contributed by atoms with E-state index in [1.807, 2.05) is 25.1 Å². The number of nitrogens with one attached hydrogen (secondary N) is 1. The predicted molar refractivity (Wildman–Crippen MR) is 91.4 cm³/mol. The molecule has 21 heavy (non-hydrogen) atoms. The molecular weight excluding hydrogens is 282 g/mol. The monoisotopic (exact) mass is 307 g/mol. The summed E-state index contributed by atoms with van der Waals surface area (Å²) in [6.45, 7) is 11.5. The van der Waals surface area contributed by atoms with Crippen molar-refractivity contribution in [1.82, 2.24) is 5.32 Å². The highest BCUT2D eigenvalue weighted by molar-refractivity contribution is 6.31. The van der Waals surface area contributed by atoms with Gasteiger partial charge in [0, 0.05) is 17.6 Å². The summed E-state index contributed by atoms with van der Waals surface area (Å²) in [5.74, 6) is 1.56. The van der Waals surface area contributed by atoms with Crippen molar-refractivity contribution in [3.05, 3.63) is 40.4 Å². The summed E-state index contributed by atoms with van der Waals surface area (Å²) < 4.78 is 0. The summed E-state index contributed by atoms with van der Waals surface area (Å²) in [5, 5.41) is 3.70. The van der Waals surface area contributed by atoms with Gasteiger partial charge in [-0.2, -0.15) is 0 Å². The van der Waals surface area contributed by atoms with Crippen LogP contribution in [0.3, 0.4) is 0 Å². The van der Waals surface area contributed by atoms with Crippen LogP contribution in [0.1, 0.15) is 38.8 Å². The Labute approximate surface area is 133 Å². The van der Waals surface area contributed by atoms with Crippen molar-refractivity contribution < 1.29 is 4.79 Å². The second-order valence-corrected chi connectivity index (χ2v) is 6.65. The molecule has 116 valence electrons. The minimum Gasteiger partial charge on any atom is -0.352 e. The molecule has 0 aromatic heterocycles. The maximum absolute atomic E-state index is 11.9. The largest absolute Gasteiger partial charge is 0.352 e. The number of hydrogen-bond donors (Lipinski definition) is 1. The molecule has 1 rings (SSSR count). The Morgan fingerprint density at radius 2 is 1.86 bits per heavy atom. The molecule has 0 heterocycles. The molecule has 0 aliphatic heterocycles. The lowest BCUT2D eigenvalue weighted by atomic mass is 9.85. The van der Waals surface area contributed by atoms with Crippen molar-refractivity contribution in [2.75, 3.05) is 6.54 Å². The van der Waals surface area contributed by atoms with Crippen molar-refractivity contribution in [1.29, 1.82) is 0 Å². The number of aryl methyl sites for hydroxylation is 1. The molecule has 0 bridgehead atoms. The van der Waals surface area contributed by atoms with Crippen molar-refractivity contribution in [3.8, 4) is 0 Å². The fourth-order valence-corrected chi connectivity index (χ4v) is 2.59. The second kappa shape index (κ2) is 8.23. The molecule has 0 atom stereocenters.